The molecule has 0 aliphatic carbocycles. The zero-order chi connectivity index (χ0) is 12.1. The molecule has 0 bridgehead atoms. The van der Waals surface area contributed by atoms with Gasteiger partial charge in [0, 0.05) is 6.66 Å². The van der Waals surface area contributed by atoms with Crippen molar-refractivity contribution in [2.24, 2.45) is 5.92 Å². The van der Waals surface area contributed by atoms with Gasteiger partial charge in [-0.25, -0.2) is 0 Å². The van der Waals surface area contributed by atoms with Crippen LogP contribution in [0.25, 0.3) is 0 Å². The van der Waals surface area contributed by atoms with E-state index in [1.54, 1.807) is 6.66 Å². The van der Waals surface area contributed by atoms with Crippen molar-refractivity contribution in [2.45, 2.75) is 46.3 Å². The van der Waals surface area contributed by atoms with E-state index >= 15 is 0 Å². The molecule has 0 spiro atoms. The van der Waals surface area contributed by atoms with Crippen molar-refractivity contribution in [3.8, 4) is 0 Å². The molecule has 92 valence electrons. The van der Waals surface area contributed by atoms with Crippen LogP contribution in [0.2, 0.25) is 19.6 Å². The summed E-state index contributed by atoms with van der Waals surface area (Å²) in [6.45, 7) is 12.4. The third-order valence-corrected chi connectivity index (χ3v) is 5.95. The summed E-state index contributed by atoms with van der Waals surface area (Å²) in [5.41, 5.74) is 0. The van der Waals surface area contributed by atoms with E-state index in [1.165, 1.54) is 0 Å². The van der Waals surface area contributed by atoms with E-state index in [2.05, 4.69) is 13.8 Å². The molecule has 2 atom stereocenters. The smallest absolute Gasteiger partial charge is 0.318 e. The highest BCUT2D eigenvalue weighted by molar-refractivity contribution is 7.54. The molecule has 0 radical (unpaired) electrons. The zero-order valence-corrected chi connectivity index (χ0v) is 12.8. The topological polar surface area (TPSA) is 35.5 Å². The summed E-state index contributed by atoms with van der Waals surface area (Å²) in [4.78, 5) is 0. The van der Waals surface area contributed by atoms with Crippen molar-refractivity contribution in [1.82, 2.24) is 0 Å². The van der Waals surface area contributed by atoms with E-state index in [1.807, 2.05) is 19.6 Å². The second kappa shape index (κ2) is 6.19. The average molecular weight is 252 g/mol. The Bertz CT molecular complexity index is 225. The van der Waals surface area contributed by atoms with Crippen LogP contribution < -0.4 is 0 Å². The van der Waals surface area contributed by atoms with Crippen molar-refractivity contribution >= 4 is 15.9 Å². The predicted molar refractivity (Wildman–Crippen MR) is 68.0 cm³/mol. The highest BCUT2D eigenvalue weighted by atomic mass is 31.2. The predicted octanol–water partition coefficient (Wildman–Crippen LogP) is 4.11. The van der Waals surface area contributed by atoms with Gasteiger partial charge in [0.2, 0.25) is 0 Å². The Kier molecular flexibility index (Phi) is 6.34. The van der Waals surface area contributed by atoms with Crippen LogP contribution in [-0.2, 0) is 13.3 Å². The summed E-state index contributed by atoms with van der Waals surface area (Å²) in [6.07, 6.45) is 2.24. The van der Waals surface area contributed by atoms with Crippen molar-refractivity contribution in [2.75, 3.05) is 13.3 Å². The fourth-order valence-corrected chi connectivity index (χ4v) is 6.08. The van der Waals surface area contributed by atoms with Gasteiger partial charge in [-0.15, -0.1) is 0 Å². The van der Waals surface area contributed by atoms with Crippen LogP contribution >= 0.6 is 7.60 Å². The molecule has 0 saturated carbocycles. The maximum Gasteiger partial charge on any atom is 0.318 e. The first-order valence-electron chi connectivity index (χ1n) is 5.59. The summed E-state index contributed by atoms with van der Waals surface area (Å²) in [7, 11) is -4.60. The second-order valence-electron chi connectivity index (χ2n) is 5.16. The molecule has 0 rings (SSSR count). The first-order chi connectivity index (χ1) is 6.66. The first-order valence-corrected chi connectivity index (χ1v) is 11.0. The van der Waals surface area contributed by atoms with Gasteiger partial charge in [-0.1, -0.05) is 20.3 Å². The quantitative estimate of drug-likeness (QED) is 0.505. The minimum absolute atomic E-state index is 0.452. The molecule has 0 aromatic heterocycles. The molecule has 15 heavy (non-hydrogen) atoms. The van der Waals surface area contributed by atoms with Gasteiger partial charge in [0.15, 0.2) is 8.32 Å². The van der Waals surface area contributed by atoms with E-state index in [0.29, 0.717) is 12.5 Å². The number of hydrogen-bond donors (Lipinski definition) is 0. The Morgan fingerprint density at radius 2 is 1.87 bits per heavy atom. The Morgan fingerprint density at radius 1 is 1.33 bits per heavy atom. The Morgan fingerprint density at radius 3 is 2.27 bits per heavy atom. The average Bonchev–Trinajstić information content (AvgIpc) is 1.97. The molecule has 0 amide bonds. The molecule has 0 heterocycles. The van der Waals surface area contributed by atoms with E-state index in [-0.39, 0.29) is 0 Å². The standard InChI is InChI=1S/C10H25O3PSi/c1-7-8-10(2)9-12-14(3,11)13-15(4,5)6/h10H,7-9H2,1-6H3. The van der Waals surface area contributed by atoms with Gasteiger partial charge in [-0.3, -0.25) is 4.57 Å². The van der Waals surface area contributed by atoms with E-state index in [9.17, 15) is 4.57 Å². The van der Waals surface area contributed by atoms with E-state index in [0.717, 1.165) is 12.8 Å². The van der Waals surface area contributed by atoms with Crippen LogP contribution in [0.4, 0.5) is 0 Å². The normalized spacial score (nSPS) is 18.5. The summed E-state index contributed by atoms with van der Waals surface area (Å²) in [6, 6.07) is 0. The molecule has 0 aromatic rings. The molecule has 3 nitrogen and oxygen atoms in total. The molecule has 2 unspecified atom stereocenters. The van der Waals surface area contributed by atoms with Crippen molar-refractivity contribution in [1.29, 1.82) is 0 Å². The molecule has 0 aliphatic heterocycles. The Hall–Kier alpha value is 0.367. The van der Waals surface area contributed by atoms with Gasteiger partial charge >= 0.3 is 7.60 Å². The van der Waals surface area contributed by atoms with Gasteiger partial charge in [0.05, 0.1) is 6.61 Å². The van der Waals surface area contributed by atoms with Crippen molar-refractivity contribution < 1.29 is 13.3 Å². The third-order valence-electron chi connectivity index (χ3n) is 1.81. The van der Waals surface area contributed by atoms with Crippen LogP contribution in [0.3, 0.4) is 0 Å². The maximum absolute atomic E-state index is 11.9. The van der Waals surface area contributed by atoms with Crippen LogP contribution in [0.1, 0.15) is 26.7 Å². The summed E-state index contributed by atoms with van der Waals surface area (Å²) >= 11 is 0. The van der Waals surface area contributed by atoms with Crippen molar-refractivity contribution in [3.05, 3.63) is 0 Å². The first kappa shape index (κ1) is 15.4. The third kappa shape index (κ3) is 9.30. The lowest BCUT2D eigenvalue weighted by Crippen LogP contribution is -2.24. The van der Waals surface area contributed by atoms with Crippen LogP contribution in [0, 0.1) is 5.92 Å². The Balaban J connectivity index is 3.99. The number of rotatable bonds is 7. The number of hydrogen-bond acceptors (Lipinski definition) is 3. The molecule has 0 aromatic carbocycles. The fourth-order valence-electron chi connectivity index (χ4n) is 1.36. The lowest BCUT2D eigenvalue weighted by Gasteiger charge is -2.24. The van der Waals surface area contributed by atoms with Gasteiger partial charge in [-0.05, 0) is 32.0 Å². The molecule has 0 aliphatic rings. The van der Waals surface area contributed by atoms with Gasteiger partial charge in [0.25, 0.3) is 0 Å². The summed E-state index contributed by atoms with van der Waals surface area (Å²) in [5.74, 6) is 0.452. The molecule has 0 saturated heterocycles. The van der Waals surface area contributed by atoms with Crippen LogP contribution in [0.5, 0.6) is 0 Å². The lowest BCUT2D eigenvalue weighted by molar-refractivity contribution is 0.223. The molecular formula is C10H25O3PSi. The highest BCUT2D eigenvalue weighted by Gasteiger charge is 2.27. The molecular weight excluding hydrogens is 227 g/mol. The van der Waals surface area contributed by atoms with Crippen molar-refractivity contribution in [3.63, 3.8) is 0 Å². The van der Waals surface area contributed by atoms with Crippen LogP contribution in [-0.4, -0.2) is 21.6 Å². The second-order valence-corrected chi connectivity index (χ2v) is 11.9. The van der Waals surface area contributed by atoms with E-state index in [4.69, 9.17) is 8.74 Å². The SMILES string of the molecule is CCCC(C)COP(C)(=O)O[Si](C)(C)C. The summed E-state index contributed by atoms with van der Waals surface area (Å²) < 4.78 is 22.8. The minimum Gasteiger partial charge on any atom is -0.351 e. The monoisotopic (exact) mass is 252 g/mol. The molecule has 0 N–H and O–H groups in total. The minimum atomic E-state index is -2.83. The summed E-state index contributed by atoms with van der Waals surface area (Å²) in [5, 5.41) is 0. The van der Waals surface area contributed by atoms with Gasteiger partial charge in [0.1, 0.15) is 0 Å². The molecule has 0 fully saturated rings. The van der Waals surface area contributed by atoms with Gasteiger partial charge < -0.3 is 8.74 Å². The zero-order valence-electron chi connectivity index (χ0n) is 10.9. The van der Waals surface area contributed by atoms with Gasteiger partial charge in [-0.2, -0.15) is 0 Å². The van der Waals surface area contributed by atoms with Crippen LogP contribution in [0.15, 0.2) is 0 Å². The lowest BCUT2D eigenvalue weighted by atomic mass is 10.1. The van der Waals surface area contributed by atoms with E-state index < -0.39 is 15.9 Å². The fraction of sp³-hybridized carbons (Fsp3) is 1.00. The highest BCUT2D eigenvalue weighted by Crippen LogP contribution is 2.47. The largest absolute Gasteiger partial charge is 0.351 e. The molecule has 5 heteroatoms. The Labute approximate surface area is 95.2 Å². The maximum atomic E-state index is 11.9.